The Bertz CT molecular complexity index is 123. The van der Waals surface area contributed by atoms with Gasteiger partial charge in [0.15, 0.2) is 0 Å². The molecule has 0 aliphatic rings. The van der Waals surface area contributed by atoms with Crippen molar-refractivity contribution in [3.05, 3.63) is 0 Å². The van der Waals surface area contributed by atoms with Crippen LogP contribution in [0.2, 0.25) is 0 Å². The first-order chi connectivity index (χ1) is 6.02. The molecule has 2 atom stereocenters. The molecule has 0 aliphatic heterocycles. The molecule has 2 nitrogen and oxygen atoms in total. The van der Waals surface area contributed by atoms with Crippen LogP contribution in [0.1, 0.15) is 34.6 Å². The lowest BCUT2D eigenvalue weighted by Gasteiger charge is -2.30. The van der Waals surface area contributed by atoms with Crippen molar-refractivity contribution in [2.24, 2.45) is 5.92 Å². The van der Waals surface area contributed by atoms with Gasteiger partial charge < -0.3 is 10.2 Å². The predicted octanol–water partition coefficient (Wildman–Crippen LogP) is 1.96. The average Bonchev–Trinajstić information content (AvgIpc) is 2.11. The van der Waals surface area contributed by atoms with E-state index in [0.29, 0.717) is 18.0 Å². The third-order valence-corrected chi connectivity index (χ3v) is 2.97. The van der Waals surface area contributed by atoms with Crippen LogP contribution in [0.15, 0.2) is 0 Å². The van der Waals surface area contributed by atoms with Crippen molar-refractivity contribution in [3.63, 3.8) is 0 Å². The van der Waals surface area contributed by atoms with Gasteiger partial charge in [-0.2, -0.15) is 0 Å². The largest absolute Gasteiger partial charge is 0.317 e. The van der Waals surface area contributed by atoms with Crippen molar-refractivity contribution in [1.29, 1.82) is 0 Å². The number of hydrogen-bond donors (Lipinski definition) is 1. The molecule has 1 N–H and O–H groups in total. The number of nitrogens with zero attached hydrogens (tertiary/aromatic N) is 1. The lowest BCUT2D eigenvalue weighted by molar-refractivity contribution is 0.187. The molecule has 0 aromatic heterocycles. The van der Waals surface area contributed by atoms with Gasteiger partial charge in [-0.3, -0.25) is 0 Å². The molecule has 0 radical (unpaired) electrons. The smallest absolute Gasteiger partial charge is 0.00735 e. The van der Waals surface area contributed by atoms with E-state index in [-0.39, 0.29) is 0 Å². The average molecular weight is 186 g/mol. The molecule has 0 fully saturated rings. The highest BCUT2D eigenvalue weighted by Gasteiger charge is 2.15. The summed E-state index contributed by atoms with van der Waals surface area (Å²) in [5.41, 5.74) is 0. The fourth-order valence-corrected chi connectivity index (χ4v) is 1.52. The molecule has 0 aromatic rings. The zero-order valence-electron chi connectivity index (χ0n) is 10.1. The molecule has 0 heterocycles. The van der Waals surface area contributed by atoms with E-state index in [0.717, 1.165) is 6.54 Å². The molecule has 0 saturated carbocycles. The minimum atomic E-state index is 0.604. The number of nitrogens with one attached hydrogen (secondary N) is 1. The van der Waals surface area contributed by atoms with Crippen molar-refractivity contribution in [3.8, 4) is 0 Å². The van der Waals surface area contributed by atoms with E-state index in [2.05, 4.69) is 44.8 Å². The fourth-order valence-electron chi connectivity index (χ4n) is 1.52. The van der Waals surface area contributed by atoms with Crippen LogP contribution in [0.5, 0.6) is 0 Å². The van der Waals surface area contributed by atoms with E-state index in [4.69, 9.17) is 0 Å². The van der Waals surface area contributed by atoms with Gasteiger partial charge in [-0.25, -0.2) is 0 Å². The van der Waals surface area contributed by atoms with Crippen LogP contribution in [0.25, 0.3) is 0 Å². The Kier molecular flexibility index (Phi) is 6.35. The van der Waals surface area contributed by atoms with E-state index in [1.807, 2.05) is 7.05 Å². The van der Waals surface area contributed by atoms with Crippen molar-refractivity contribution in [1.82, 2.24) is 10.2 Å². The summed E-state index contributed by atoms with van der Waals surface area (Å²) in [6, 6.07) is 1.27. The summed E-state index contributed by atoms with van der Waals surface area (Å²) in [4.78, 5) is 2.51. The first-order valence-electron chi connectivity index (χ1n) is 5.44. The third kappa shape index (κ3) is 4.63. The minimum absolute atomic E-state index is 0.604. The van der Waals surface area contributed by atoms with Gasteiger partial charge in [0.1, 0.15) is 0 Å². The van der Waals surface area contributed by atoms with Gasteiger partial charge in [0, 0.05) is 18.6 Å². The van der Waals surface area contributed by atoms with Gasteiger partial charge in [0.05, 0.1) is 0 Å². The molecular formula is C11H26N2. The summed E-state index contributed by atoms with van der Waals surface area (Å²) in [6.07, 6.45) is 0. The van der Waals surface area contributed by atoms with Crippen LogP contribution in [0.4, 0.5) is 0 Å². The monoisotopic (exact) mass is 186 g/mol. The van der Waals surface area contributed by atoms with E-state index in [1.165, 1.54) is 6.54 Å². The summed E-state index contributed by atoms with van der Waals surface area (Å²) >= 11 is 0. The molecule has 2 heteroatoms. The van der Waals surface area contributed by atoms with Crippen molar-refractivity contribution < 1.29 is 0 Å². The molecule has 0 spiro atoms. The highest BCUT2D eigenvalue weighted by atomic mass is 15.1. The maximum Gasteiger partial charge on any atom is 0.00735 e. The Morgan fingerprint density at radius 1 is 1.15 bits per heavy atom. The van der Waals surface area contributed by atoms with Gasteiger partial charge in [0.25, 0.3) is 0 Å². The third-order valence-electron chi connectivity index (χ3n) is 2.97. The Morgan fingerprint density at radius 2 is 1.69 bits per heavy atom. The van der Waals surface area contributed by atoms with Crippen LogP contribution in [0, 0.1) is 5.92 Å². The maximum absolute atomic E-state index is 3.31. The minimum Gasteiger partial charge on any atom is -0.317 e. The van der Waals surface area contributed by atoms with E-state index in [1.54, 1.807) is 0 Å². The van der Waals surface area contributed by atoms with Gasteiger partial charge in [-0.1, -0.05) is 13.8 Å². The number of rotatable bonds is 6. The molecule has 0 rings (SSSR count). The first-order valence-corrected chi connectivity index (χ1v) is 5.44. The number of hydrogen-bond acceptors (Lipinski definition) is 2. The maximum atomic E-state index is 3.31. The molecule has 0 aliphatic carbocycles. The lowest BCUT2D eigenvalue weighted by atomic mass is 10.0. The molecule has 80 valence electrons. The zero-order chi connectivity index (χ0) is 10.4. The van der Waals surface area contributed by atoms with E-state index in [9.17, 15) is 0 Å². The second-order valence-corrected chi connectivity index (χ2v) is 4.24. The second kappa shape index (κ2) is 6.39. The van der Waals surface area contributed by atoms with Crippen LogP contribution in [0.3, 0.4) is 0 Å². The lowest BCUT2D eigenvalue weighted by Crippen LogP contribution is -2.40. The molecular weight excluding hydrogens is 160 g/mol. The molecule has 2 unspecified atom stereocenters. The summed E-state index contributed by atoms with van der Waals surface area (Å²) in [6.45, 7) is 13.7. The Balaban J connectivity index is 3.93. The molecule has 0 saturated heterocycles. The summed E-state index contributed by atoms with van der Waals surface area (Å²) in [5.74, 6) is 0.715. The highest BCUT2D eigenvalue weighted by Crippen LogP contribution is 2.07. The predicted molar refractivity (Wildman–Crippen MR) is 60.1 cm³/mol. The van der Waals surface area contributed by atoms with Crippen molar-refractivity contribution >= 4 is 0 Å². The Labute approximate surface area is 83.7 Å². The standard InChI is InChI=1S/C11H26N2/c1-7-13(9(2)3)8-10(4)11(5)12-6/h9-12H,7-8H2,1-6H3. The first kappa shape index (κ1) is 12.9. The second-order valence-electron chi connectivity index (χ2n) is 4.24. The van der Waals surface area contributed by atoms with Gasteiger partial charge in [-0.05, 0) is 40.3 Å². The van der Waals surface area contributed by atoms with E-state index >= 15 is 0 Å². The summed E-state index contributed by atoms with van der Waals surface area (Å²) in [7, 11) is 2.03. The Morgan fingerprint density at radius 3 is 2.00 bits per heavy atom. The van der Waals surface area contributed by atoms with Gasteiger partial charge in [0.2, 0.25) is 0 Å². The molecule has 13 heavy (non-hydrogen) atoms. The summed E-state index contributed by atoms with van der Waals surface area (Å²) < 4.78 is 0. The van der Waals surface area contributed by atoms with Gasteiger partial charge in [-0.15, -0.1) is 0 Å². The van der Waals surface area contributed by atoms with Crippen molar-refractivity contribution in [2.75, 3.05) is 20.1 Å². The van der Waals surface area contributed by atoms with Crippen LogP contribution >= 0.6 is 0 Å². The van der Waals surface area contributed by atoms with E-state index < -0.39 is 0 Å². The topological polar surface area (TPSA) is 15.3 Å². The quantitative estimate of drug-likeness (QED) is 0.682. The van der Waals surface area contributed by atoms with Gasteiger partial charge >= 0.3 is 0 Å². The van der Waals surface area contributed by atoms with Crippen molar-refractivity contribution in [2.45, 2.75) is 46.7 Å². The summed E-state index contributed by atoms with van der Waals surface area (Å²) in [5, 5.41) is 3.31. The normalized spacial score (nSPS) is 16.6. The zero-order valence-corrected chi connectivity index (χ0v) is 10.1. The SMILES string of the molecule is CCN(CC(C)C(C)NC)C(C)C. The van der Waals surface area contributed by atoms with Crippen LogP contribution in [-0.4, -0.2) is 37.1 Å². The van der Waals surface area contributed by atoms with Crippen LogP contribution in [-0.2, 0) is 0 Å². The van der Waals surface area contributed by atoms with Crippen LogP contribution < -0.4 is 5.32 Å². The molecule has 0 amide bonds. The highest BCUT2D eigenvalue weighted by molar-refractivity contribution is 4.72. The Hall–Kier alpha value is -0.0800. The molecule has 0 bridgehead atoms. The molecule has 0 aromatic carbocycles. The fraction of sp³-hybridized carbons (Fsp3) is 1.00.